The van der Waals surface area contributed by atoms with Gasteiger partial charge in [-0.05, 0) is 19.1 Å². The number of methoxy groups -OCH3 is 1. The molecule has 0 saturated carbocycles. The molecule has 0 aliphatic rings. The Bertz CT molecular complexity index is 1380. The highest BCUT2D eigenvalue weighted by Gasteiger charge is 2.13. The second-order valence-corrected chi connectivity index (χ2v) is 7.73. The van der Waals surface area contributed by atoms with Gasteiger partial charge in [-0.3, -0.25) is 0 Å². The maximum Gasteiger partial charge on any atom is 0.158 e. The van der Waals surface area contributed by atoms with Crippen molar-refractivity contribution in [3.05, 3.63) is 102 Å². The van der Waals surface area contributed by atoms with Gasteiger partial charge in [0.15, 0.2) is 5.65 Å². The second kappa shape index (κ2) is 8.55. The number of fused-ring (bicyclic) bond motifs is 1. The van der Waals surface area contributed by atoms with E-state index >= 15 is 0 Å². The van der Waals surface area contributed by atoms with Gasteiger partial charge in [-0.25, -0.2) is 4.98 Å². The SMILES string of the molecule is COc1ccccc1CNc1cc(-c2ccccc2)nc2cc(-c3cccc(C)c3)nn12. The van der Waals surface area contributed by atoms with E-state index in [-0.39, 0.29) is 0 Å². The second-order valence-electron chi connectivity index (χ2n) is 7.73. The Kier molecular flexibility index (Phi) is 5.30. The van der Waals surface area contributed by atoms with Gasteiger partial charge in [-0.15, -0.1) is 0 Å². The number of hydrogen-bond donors (Lipinski definition) is 1. The fraction of sp³-hybridized carbons (Fsp3) is 0.111. The van der Waals surface area contributed by atoms with E-state index in [1.54, 1.807) is 7.11 Å². The van der Waals surface area contributed by atoms with E-state index in [0.717, 1.165) is 45.3 Å². The average molecular weight is 421 g/mol. The van der Waals surface area contributed by atoms with E-state index in [0.29, 0.717) is 6.54 Å². The van der Waals surface area contributed by atoms with Gasteiger partial charge in [0.25, 0.3) is 0 Å². The average Bonchev–Trinajstić information content (AvgIpc) is 3.28. The van der Waals surface area contributed by atoms with Crippen LogP contribution in [-0.4, -0.2) is 21.7 Å². The summed E-state index contributed by atoms with van der Waals surface area (Å²) in [4.78, 5) is 4.90. The molecule has 0 unspecified atom stereocenters. The monoisotopic (exact) mass is 420 g/mol. The number of aromatic nitrogens is 3. The Labute approximate surface area is 187 Å². The lowest BCUT2D eigenvalue weighted by Gasteiger charge is -2.13. The number of benzene rings is 3. The summed E-state index contributed by atoms with van der Waals surface area (Å²) in [6.45, 7) is 2.70. The summed E-state index contributed by atoms with van der Waals surface area (Å²) >= 11 is 0. The molecule has 0 fully saturated rings. The van der Waals surface area contributed by atoms with Crippen LogP contribution in [0.5, 0.6) is 5.75 Å². The summed E-state index contributed by atoms with van der Waals surface area (Å²) in [5, 5.41) is 8.42. The van der Waals surface area contributed by atoms with Crippen LogP contribution in [0, 0.1) is 6.92 Å². The normalized spacial score (nSPS) is 10.9. The third-order valence-electron chi connectivity index (χ3n) is 5.46. The third kappa shape index (κ3) is 3.93. The molecule has 0 atom stereocenters. The lowest BCUT2D eigenvalue weighted by molar-refractivity contribution is 0.410. The zero-order chi connectivity index (χ0) is 21.9. The molecule has 0 saturated heterocycles. The van der Waals surface area contributed by atoms with Crippen LogP contribution in [0.3, 0.4) is 0 Å². The van der Waals surface area contributed by atoms with Gasteiger partial charge >= 0.3 is 0 Å². The van der Waals surface area contributed by atoms with Gasteiger partial charge in [0.1, 0.15) is 11.6 Å². The van der Waals surface area contributed by atoms with E-state index in [9.17, 15) is 0 Å². The summed E-state index contributed by atoms with van der Waals surface area (Å²) in [6.07, 6.45) is 0. The Morgan fingerprint density at radius 3 is 2.41 bits per heavy atom. The summed E-state index contributed by atoms with van der Waals surface area (Å²) in [5.41, 5.74) is 7.01. The molecule has 0 radical (unpaired) electrons. The molecule has 0 aliphatic heterocycles. The van der Waals surface area contributed by atoms with Gasteiger partial charge in [0, 0.05) is 35.4 Å². The number of para-hydroxylation sites is 1. The van der Waals surface area contributed by atoms with Crippen molar-refractivity contribution in [2.45, 2.75) is 13.5 Å². The van der Waals surface area contributed by atoms with Crippen molar-refractivity contribution in [3.8, 4) is 28.3 Å². The quantitative estimate of drug-likeness (QED) is 0.366. The summed E-state index contributed by atoms with van der Waals surface area (Å²) in [7, 11) is 1.69. The fourth-order valence-electron chi connectivity index (χ4n) is 3.84. The molecular formula is C27H24N4O. The highest BCUT2D eigenvalue weighted by atomic mass is 16.5. The van der Waals surface area contributed by atoms with Crippen molar-refractivity contribution in [2.75, 3.05) is 12.4 Å². The molecule has 158 valence electrons. The molecule has 0 spiro atoms. The molecule has 5 nitrogen and oxygen atoms in total. The van der Waals surface area contributed by atoms with E-state index in [1.807, 2.05) is 53.0 Å². The predicted molar refractivity (Wildman–Crippen MR) is 129 cm³/mol. The Morgan fingerprint density at radius 1 is 0.812 bits per heavy atom. The highest BCUT2D eigenvalue weighted by molar-refractivity contribution is 5.71. The van der Waals surface area contributed by atoms with Crippen LogP contribution in [0.4, 0.5) is 5.82 Å². The van der Waals surface area contributed by atoms with Gasteiger partial charge in [-0.1, -0.05) is 72.3 Å². The Balaban J connectivity index is 1.60. The zero-order valence-electron chi connectivity index (χ0n) is 18.1. The van der Waals surface area contributed by atoms with Crippen LogP contribution in [-0.2, 0) is 6.54 Å². The molecule has 5 aromatic rings. The third-order valence-corrected chi connectivity index (χ3v) is 5.46. The van der Waals surface area contributed by atoms with Gasteiger partial charge in [-0.2, -0.15) is 9.61 Å². The smallest absolute Gasteiger partial charge is 0.158 e. The summed E-state index contributed by atoms with van der Waals surface area (Å²) in [5.74, 6) is 1.73. The van der Waals surface area contributed by atoms with Crippen molar-refractivity contribution >= 4 is 11.5 Å². The van der Waals surface area contributed by atoms with E-state index in [4.69, 9.17) is 14.8 Å². The first-order chi connectivity index (χ1) is 15.7. The number of nitrogens with one attached hydrogen (secondary N) is 1. The molecule has 5 rings (SSSR count). The minimum atomic E-state index is 0.608. The number of rotatable bonds is 6. The number of anilines is 1. The van der Waals surface area contributed by atoms with Crippen molar-refractivity contribution in [1.82, 2.24) is 14.6 Å². The summed E-state index contributed by atoms with van der Waals surface area (Å²) < 4.78 is 7.39. The first-order valence-corrected chi connectivity index (χ1v) is 10.6. The van der Waals surface area contributed by atoms with Gasteiger partial charge < -0.3 is 10.1 Å². The maximum atomic E-state index is 5.51. The lowest BCUT2D eigenvalue weighted by Crippen LogP contribution is -2.07. The van der Waals surface area contributed by atoms with Crippen molar-refractivity contribution in [2.24, 2.45) is 0 Å². The Hall–Kier alpha value is -4.12. The molecule has 2 heterocycles. The fourth-order valence-corrected chi connectivity index (χ4v) is 3.84. The molecular weight excluding hydrogens is 396 g/mol. The zero-order valence-corrected chi connectivity index (χ0v) is 18.1. The van der Waals surface area contributed by atoms with Gasteiger partial charge in [0.2, 0.25) is 0 Å². The first-order valence-electron chi connectivity index (χ1n) is 10.6. The molecule has 0 bridgehead atoms. The highest BCUT2D eigenvalue weighted by Crippen LogP contribution is 2.27. The topological polar surface area (TPSA) is 51.5 Å². The minimum absolute atomic E-state index is 0.608. The number of nitrogens with zero attached hydrogens (tertiary/aromatic N) is 3. The minimum Gasteiger partial charge on any atom is -0.496 e. The molecule has 5 heteroatoms. The molecule has 1 N–H and O–H groups in total. The van der Waals surface area contributed by atoms with Crippen LogP contribution < -0.4 is 10.1 Å². The van der Waals surface area contributed by atoms with E-state index in [1.165, 1.54) is 5.56 Å². The molecule has 2 aromatic heterocycles. The molecule has 0 amide bonds. The van der Waals surface area contributed by atoms with E-state index in [2.05, 4.69) is 54.7 Å². The first kappa shape index (κ1) is 19.8. The lowest BCUT2D eigenvalue weighted by atomic mass is 10.1. The van der Waals surface area contributed by atoms with Gasteiger partial charge in [0.05, 0.1) is 18.5 Å². The number of aryl methyl sites for hydroxylation is 1. The van der Waals surface area contributed by atoms with Crippen LogP contribution in [0.1, 0.15) is 11.1 Å². The summed E-state index contributed by atoms with van der Waals surface area (Å²) in [6, 6.07) is 30.7. The number of hydrogen-bond acceptors (Lipinski definition) is 4. The van der Waals surface area contributed by atoms with Crippen LogP contribution in [0.25, 0.3) is 28.2 Å². The van der Waals surface area contributed by atoms with Crippen molar-refractivity contribution < 1.29 is 4.74 Å². The largest absolute Gasteiger partial charge is 0.496 e. The van der Waals surface area contributed by atoms with Crippen LogP contribution in [0.15, 0.2) is 91.0 Å². The molecule has 0 aliphatic carbocycles. The van der Waals surface area contributed by atoms with E-state index < -0.39 is 0 Å². The maximum absolute atomic E-state index is 5.51. The standard InChI is InChI=1S/C27H24N4O/c1-19-9-8-13-21(15-19)24-17-27-29-23(20-10-4-3-5-11-20)16-26(31(27)30-24)28-18-22-12-6-7-14-25(22)32-2/h3-17,28H,18H2,1-2H3. The predicted octanol–water partition coefficient (Wildman–Crippen LogP) is 5.99. The van der Waals surface area contributed by atoms with Crippen LogP contribution >= 0.6 is 0 Å². The Morgan fingerprint density at radius 2 is 1.59 bits per heavy atom. The molecule has 3 aromatic carbocycles. The number of ether oxygens (including phenoxy) is 1. The van der Waals surface area contributed by atoms with Crippen molar-refractivity contribution in [3.63, 3.8) is 0 Å². The molecule has 32 heavy (non-hydrogen) atoms. The van der Waals surface area contributed by atoms with Crippen molar-refractivity contribution in [1.29, 1.82) is 0 Å². The van der Waals surface area contributed by atoms with Crippen LogP contribution in [0.2, 0.25) is 0 Å².